The minimum absolute atomic E-state index is 0. The first-order valence-electron chi connectivity index (χ1n) is 6.96. The monoisotopic (exact) mass is 378 g/mol. The first-order chi connectivity index (χ1) is 11.5. The SMILES string of the molecule is COc1ccc2c3c(cccc13)C(=O)c1c[c-]ccc1-2.O=S(=O)=O.[K+]. The summed E-state index contributed by atoms with van der Waals surface area (Å²) in [6, 6.07) is 18.3. The van der Waals surface area contributed by atoms with E-state index in [2.05, 4.69) is 6.07 Å². The number of hydrogen-bond donors (Lipinski definition) is 0. The van der Waals surface area contributed by atoms with Crippen LogP contribution in [-0.2, 0) is 10.6 Å². The number of benzene rings is 3. The first-order valence-corrected chi connectivity index (χ1v) is 7.96. The van der Waals surface area contributed by atoms with Crippen LogP contribution in [0.4, 0.5) is 0 Å². The summed E-state index contributed by atoms with van der Waals surface area (Å²) in [6.07, 6.45) is 0. The summed E-state index contributed by atoms with van der Waals surface area (Å²) in [7, 11) is -1.46. The smallest absolute Gasteiger partial charge is 0.496 e. The predicted octanol–water partition coefficient (Wildman–Crippen LogP) is -0.140. The van der Waals surface area contributed by atoms with Gasteiger partial charge in [0.25, 0.3) is 0 Å². The molecule has 0 saturated heterocycles. The van der Waals surface area contributed by atoms with Gasteiger partial charge in [0, 0.05) is 16.3 Å². The van der Waals surface area contributed by atoms with Gasteiger partial charge in [-0.1, -0.05) is 29.8 Å². The van der Waals surface area contributed by atoms with Gasteiger partial charge in [0.15, 0.2) is 0 Å². The van der Waals surface area contributed by atoms with Crippen LogP contribution in [0.15, 0.2) is 48.5 Å². The molecule has 0 aliphatic heterocycles. The Hall–Kier alpha value is -1.35. The van der Waals surface area contributed by atoms with Crippen molar-refractivity contribution < 1.29 is 73.5 Å². The Kier molecular flexibility index (Phi) is 6.67. The number of carbonyl (C=O) groups excluding carboxylic acids is 1. The van der Waals surface area contributed by atoms with Gasteiger partial charge in [-0.15, -0.1) is 18.2 Å². The van der Waals surface area contributed by atoms with Crippen LogP contribution in [0.5, 0.6) is 5.75 Å². The summed E-state index contributed by atoms with van der Waals surface area (Å²) in [4.78, 5) is 12.6. The Morgan fingerprint density at radius 1 is 0.920 bits per heavy atom. The molecule has 0 aromatic heterocycles. The standard InChI is InChI=1S/C18H11O2.K.O3S/c1-20-16-10-9-12-11-5-2-3-6-13(11)18(19)15-8-4-7-14(16)17(12)15;;1-4(2)3/h2,4-10H,1H3;;/q-1;+1;. The van der Waals surface area contributed by atoms with Crippen LogP contribution < -0.4 is 56.1 Å². The van der Waals surface area contributed by atoms with Gasteiger partial charge in [-0.3, -0.25) is 0 Å². The summed E-state index contributed by atoms with van der Waals surface area (Å²) in [5.41, 5.74) is 3.52. The minimum atomic E-state index is -3.11. The van der Waals surface area contributed by atoms with Crippen molar-refractivity contribution in [3.8, 4) is 16.9 Å². The second-order valence-electron chi connectivity index (χ2n) is 5.05. The predicted molar refractivity (Wildman–Crippen MR) is 87.9 cm³/mol. The molecule has 7 heteroatoms. The van der Waals surface area contributed by atoms with Crippen molar-refractivity contribution in [3.63, 3.8) is 0 Å². The third-order valence-corrected chi connectivity index (χ3v) is 3.86. The molecule has 0 spiro atoms. The molecular weight excluding hydrogens is 367 g/mol. The largest absolute Gasteiger partial charge is 1.00 e. The van der Waals surface area contributed by atoms with E-state index in [4.69, 9.17) is 17.4 Å². The van der Waals surface area contributed by atoms with E-state index in [9.17, 15) is 4.79 Å². The zero-order valence-electron chi connectivity index (χ0n) is 13.6. The van der Waals surface area contributed by atoms with Gasteiger partial charge in [0.1, 0.15) is 11.5 Å². The Morgan fingerprint density at radius 2 is 1.64 bits per heavy atom. The third-order valence-electron chi connectivity index (χ3n) is 3.86. The molecule has 0 amide bonds. The molecule has 4 rings (SSSR count). The van der Waals surface area contributed by atoms with Crippen molar-refractivity contribution >= 4 is 27.2 Å². The summed E-state index contributed by atoms with van der Waals surface area (Å²) in [5, 5.41) is 1.96. The molecule has 0 N–H and O–H groups in total. The fraction of sp³-hybridized carbons (Fsp3) is 0.0556. The maximum atomic E-state index is 12.6. The third kappa shape index (κ3) is 3.76. The van der Waals surface area contributed by atoms with Crippen LogP contribution in [0.2, 0.25) is 0 Å². The molecule has 0 fully saturated rings. The molecule has 1 aliphatic carbocycles. The number of carbonyl (C=O) groups is 1. The zero-order chi connectivity index (χ0) is 17.3. The molecule has 0 bridgehead atoms. The maximum Gasteiger partial charge on any atom is 1.00 e. The molecule has 120 valence electrons. The van der Waals surface area contributed by atoms with Crippen molar-refractivity contribution in [2.75, 3.05) is 7.11 Å². The van der Waals surface area contributed by atoms with Crippen LogP contribution in [0.1, 0.15) is 15.9 Å². The first kappa shape index (κ1) is 20.0. The van der Waals surface area contributed by atoms with E-state index >= 15 is 0 Å². The quantitative estimate of drug-likeness (QED) is 0.340. The average Bonchev–Trinajstić information content (AvgIpc) is 2.58. The molecule has 3 aromatic carbocycles. The van der Waals surface area contributed by atoms with Crippen LogP contribution in [0.25, 0.3) is 21.9 Å². The van der Waals surface area contributed by atoms with Gasteiger partial charge in [-0.25, -0.2) is 0 Å². The second kappa shape index (κ2) is 8.35. The Bertz CT molecular complexity index is 1070. The molecule has 0 saturated carbocycles. The number of fused-ring (bicyclic) bond motifs is 2. The van der Waals surface area contributed by atoms with Gasteiger partial charge in [-0.05, 0) is 11.6 Å². The van der Waals surface area contributed by atoms with E-state index in [-0.39, 0.29) is 57.2 Å². The fourth-order valence-corrected chi connectivity index (χ4v) is 2.97. The van der Waals surface area contributed by atoms with E-state index < -0.39 is 10.6 Å². The Morgan fingerprint density at radius 3 is 2.32 bits per heavy atom. The normalized spacial score (nSPS) is 10.8. The van der Waals surface area contributed by atoms with Gasteiger partial charge in [-0.2, -0.15) is 24.3 Å². The number of ether oxygens (including phenoxy) is 1. The molecule has 1 aliphatic rings. The van der Waals surface area contributed by atoms with E-state index in [1.165, 1.54) is 0 Å². The van der Waals surface area contributed by atoms with Crippen molar-refractivity contribution in [2.24, 2.45) is 0 Å². The molecule has 0 heterocycles. The number of methoxy groups -OCH3 is 1. The fourth-order valence-electron chi connectivity index (χ4n) is 2.97. The maximum absolute atomic E-state index is 12.6. The van der Waals surface area contributed by atoms with Gasteiger partial charge in [0.05, 0.1) is 7.11 Å². The van der Waals surface area contributed by atoms with E-state index in [0.717, 1.165) is 38.8 Å². The van der Waals surface area contributed by atoms with Gasteiger partial charge in [0.2, 0.25) is 0 Å². The van der Waals surface area contributed by atoms with Gasteiger partial charge >= 0.3 is 62.0 Å². The van der Waals surface area contributed by atoms with E-state index in [1.807, 2.05) is 42.5 Å². The van der Waals surface area contributed by atoms with E-state index in [0.29, 0.717) is 0 Å². The Balaban J connectivity index is 0.000000411. The Labute approximate surface area is 188 Å². The molecule has 3 aromatic rings. The van der Waals surface area contributed by atoms with Crippen LogP contribution in [0, 0.1) is 6.07 Å². The molecule has 0 atom stereocenters. The van der Waals surface area contributed by atoms with Crippen LogP contribution in [0.3, 0.4) is 0 Å². The molecule has 25 heavy (non-hydrogen) atoms. The summed E-state index contributed by atoms with van der Waals surface area (Å²) in [6.45, 7) is 0. The molecule has 5 nitrogen and oxygen atoms in total. The zero-order valence-corrected chi connectivity index (χ0v) is 17.5. The number of rotatable bonds is 1. The van der Waals surface area contributed by atoms with Crippen LogP contribution >= 0.6 is 0 Å². The van der Waals surface area contributed by atoms with Crippen molar-refractivity contribution in [3.05, 3.63) is 65.7 Å². The van der Waals surface area contributed by atoms with Crippen molar-refractivity contribution in [1.82, 2.24) is 0 Å². The van der Waals surface area contributed by atoms with E-state index in [1.54, 1.807) is 13.2 Å². The van der Waals surface area contributed by atoms with Crippen LogP contribution in [-0.4, -0.2) is 25.5 Å². The molecular formula is C18H11KO5S. The summed E-state index contributed by atoms with van der Waals surface area (Å²) >= 11 is 0. The van der Waals surface area contributed by atoms with Gasteiger partial charge < -0.3 is 9.53 Å². The average molecular weight is 378 g/mol. The second-order valence-corrected chi connectivity index (χ2v) is 5.46. The molecule has 0 radical (unpaired) electrons. The number of hydrogen-bond acceptors (Lipinski definition) is 5. The minimum Gasteiger partial charge on any atom is -0.496 e. The number of ketones is 1. The van der Waals surface area contributed by atoms with Crippen molar-refractivity contribution in [1.29, 1.82) is 0 Å². The van der Waals surface area contributed by atoms with Crippen molar-refractivity contribution in [2.45, 2.75) is 0 Å². The summed E-state index contributed by atoms with van der Waals surface area (Å²) < 4.78 is 30.7. The summed E-state index contributed by atoms with van der Waals surface area (Å²) in [5.74, 6) is 0.854. The molecule has 0 unspecified atom stereocenters. The topological polar surface area (TPSA) is 77.5 Å².